The first-order chi connectivity index (χ1) is 22.7. The smallest absolute Gasteiger partial charge is 0.408 e. The van der Waals surface area contributed by atoms with Gasteiger partial charge in [-0.3, -0.25) is 4.79 Å². The molecule has 0 unspecified atom stereocenters. The van der Waals surface area contributed by atoms with Crippen LogP contribution < -0.4 is 5.32 Å². The third-order valence-electron chi connectivity index (χ3n) is 7.51. The van der Waals surface area contributed by atoms with E-state index < -0.39 is 45.7 Å². The molecular weight excluding hydrogens is 709 g/mol. The maximum atomic E-state index is 13.0. The first-order valence-corrected chi connectivity index (χ1v) is 18.2. The molecular formula is C36H50Cl3N3O6S. The van der Waals surface area contributed by atoms with E-state index in [0.717, 1.165) is 34.0 Å². The molecule has 2 bridgehead atoms. The van der Waals surface area contributed by atoms with Gasteiger partial charge in [-0.2, -0.15) is 0 Å². The van der Waals surface area contributed by atoms with E-state index >= 15 is 0 Å². The molecule has 1 aromatic rings. The Kier molecular flexibility index (Phi) is 17.1. The Labute approximate surface area is 310 Å². The number of halogens is 3. The number of carbonyl (C=O) groups excluding carboxylic acids is 3. The normalized spacial score (nSPS) is 24.6. The van der Waals surface area contributed by atoms with Gasteiger partial charge in [0.25, 0.3) is 0 Å². The topological polar surface area (TPSA) is 107 Å². The van der Waals surface area contributed by atoms with Crippen LogP contribution in [-0.4, -0.2) is 76.2 Å². The monoisotopic (exact) mass is 757 g/mol. The molecule has 4 atom stereocenters. The molecule has 0 radical (unpaired) electrons. The SMILES string of the molecule is CC(=C/CN(C)C)/C=C/C(C)=C/[C@@H]1Cc2nc(cs2)[C@@H](C)C[C@@H](NC(=O)OC(C)(C)C(Cl)(Cl)Cl)CC(=O)O[C@@H](C)C/C(C)=C/C=C\C(=O)O1. The van der Waals surface area contributed by atoms with Gasteiger partial charge < -0.3 is 24.4 Å². The summed E-state index contributed by atoms with van der Waals surface area (Å²) < 4.78 is 15.1. The van der Waals surface area contributed by atoms with Crippen molar-refractivity contribution in [3.8, 4) is 0 Å². The maximum Gasteiger partial charge on any atom is 0.408 e. The second-order valence-corrected chi connectivity index (χ2v) is 16.5. The molecule has 13 heteroatoms. The van der Waals surface area contributed by atoms with Gasteiger partial charge in [-0.1, -0.05) is 88.8 Å². The molecule has 2 heterocycles. The van der Waals surface area contributed by atoms with Crippen molar-refractivity contribution in [2.45, 2.75) is 108 Å². The molecule has 1 N–H and O–H groups in total. The zero-order chi connectivity index (χ0) is 36.9. The molecule has 0 spiro atoms. The highest BCUT2D eigenvalue weighted by atomic mass is 35.6. The number of aromatic nitrogens is 1. The van der Waals surface area contributed by atoms with Crippen LogP contribution in [0.1, 0.15) is 84.3 Å². The number of allylic oxidation sites excluding steroid dienone is 6. The number of nitrogens with zero attached hydrogens (tertiary/aromatic N) is 2. The van der Waals surface area contributed by atoms with E-state index in [9.17, 15) is 14.4 Å². The summed E-state index contributed by atoms with van der Waals surface area (Å²) in [6, 6.07) is -0.665. The van der Waals surface area contributed by atoms with Crippen molar-refractivity contribution < 1.29 is 28.6 Å². The number of thiazole rings is 1. The van der Waals surface area contributed by atoms with Crippen LogP contribution in [0, 0.1) is 0 Å². The Balaban J connectivity index is 2.40. The van der Waals surface area contributed by atoms with Crippen LogP contribution >= 0.6 is 46.1 Å². The molecule has 49 heavy (non-hydrogen) atoms. The van der Waals surface area contributed by atoms with E-state index in [1.807, 2.05) is 65.4 Å². The summed E-state index contributed by atoms with van der Waals surface area (Å²) in [5.74, 6) is -1.14. The number of ether oxygens (including phenoxy) is 3. The summed E-state index contributed by atoms with van der Waals surface area (Å²) in [4.78, 5) is 45.7. The number of esters is 2. The third kappa shape index (κ3) is 16.3. The number of amides is 1. The summed E-state index contributed by atoms with van der Waals surface area (Å²) in [7, 11) is 4.03. The van der Waals surface area contributed by atoms with E-state index in [0.29, 0.717) is 19.3 Å². The standard InChI is InChI=1S/C36H50Cl3N3O6S/c1-23(15-16-42(8)9)13-14-25(3)18-29-21-31-41-30(22-49-31)26(4)19-28(40-34(45)48-35(6,7)36(37,38)39)20-33(44)46-27(5)17-24(2)11-10-12-32(43)47-29/h10-15,18,22,26-29H,16-17,19-21H2,1-9H3,(H,40,45)/b12-10-,14-13+,23-15-,24-11+,25-18+/t26-,27-,28+,29+/m0/s1. The summed E-state index contributed by atoms with van der Waals surface area (Å²) in [6.45, 7) is 13.4. The predicted octanol–water partition coefficient (Wildman–Crippen LogP) is 8.57. The van der Waals surface area contributed by atoms with Gasteiger partial charge in [-0.05, 0) is 68.1 Å². The quantitative estimate of drug-likeness (QED) is 0.128. The Bertz CT molecular complexity index is 1440. The molecule has 1 amide bonds. The molecule has 272 valence electrons. The van der Waals surface area contributed by atoms with Crippen molar-refractivity contribution >= 4 is 64.2 Å². The van der Waals surface area contributed by atoms with Crippen molar-refractivity contribution in [2.24, 2.45) is 0 Å². The second-order valence-electron chi connectivity index (χ2n) is 13.3. The van der Waals surface area contributed by atoms with Gasteiger partial charge in [0.2, 0.25) is 3.79 Å². The first kappa shape index (κ1) is 42.5. The van der Waals surface area contributed by atoms with Crippen molar-refractivity contribution in [3.63, 3.8) is 0 Å². The molecule has 2 rings (SSSR count). The Morgan fingerprint density at radius 2 is 1.78 bits per heavy atom. The van der Waals surface area contributed by atoms with Gasteiger partial charge in [0, 0.05) is 42.8 Å². The maximum absolute atomic E-state index is 13.0. The Morgan fingerprint density at radius 1 is 1.10 bits per heavy atom. The lowest BCUT2D eigenvalue weighted by Crippen LogP contribution is -2.47. The third-order valence-corrected chi connectivity index (χ3v) is 9.77. The second kappa shape index (κ2) is 19.7. The number of alkyl carbamates (subject to hydrolysis) is 1. The number of nitrogens with one attached hydrogen (secondary N) is 1. The van der Waals surface area contributed by atoms with E-state index in [1.54, 1.807) is 19.1 Å². The van der Waals surface area contributed by atoms with Gasteiger partial charge in [-0.15, -0.1) is 11.3 Å². The summed E-state index contributed by atoms with van der Waals surface area (Å²) in [6.07, 6.45) is 12.1. The fourth-order valence-corrected chi connectivity index (χ4v) is 5.78. The van der Waals surface area contributed by atoms with Crippen LogP contribution in [-0.2, 0) is 30.2 Å². The molecule has 1 aromatic heterocycles. The number of fused-ring (bicyclic) bond motifs is 2. The van der Waals surface area contributed by atoms with E-state index in [4.69, 9.17) is 54.0 Å². The van der Waals surface area contributed by atoms with Crippen LogP contribution in [0.3, 0.4) is 0 Å². The highest BCUT2D eigenvalue weighted by Gasteiger charge is 2.44. The highest BCUT2D eigenvalue weighted by Crippen LogP contribution is 2.40. The molecule has 0 saturated heterocycles. The number of likely N-dealkylation sites (N-methyl/N-ethyl adjacent to an activating group) is 1. The van der Waals surface area contributed by atoms with E-state index in [2.05, 4.69) is 16.3 Å². The molecule has 1 aliphatic rings. The minimum absolute atomic E-state index is 0.108. The Morgan fingerprint density at radius 3 is 2.43 bits per heavy atom. The fourth-order valence-electron chi connectivity index (χ4n) is 4.70. The minimum atomic E-state index is -1.88. The minimum Gasteiger partial charge on any atom is -0.462 e. The lowest BCUT2D eigenvalue weighted by atomic mass is 9.97. The van der Waals surface area contributed by atoms with Gasteiger partial charge in [-0.25, -0.2) is 14.6 Å². The summed E-state index contributed by atoms with van der Waals surface area (Å²) in [5.41, 5.74) is 2.29. The molecule has 9 nitrogen and oxygen atoms in total. The van der Waals surface area contributed by atoms with Gasteiger partial charge in [0.1, 0.15) is 12.2 Å². The number of alkyl halides is 3. The van der Waals surface area contributed by atoms with Gasteiger partial charge >= 0.3 is 18.0 Å². The lowest BCUT2D eigenvalue weighted by Gasteiger charge is -2.32. The van der Waals surface area contributed by atoms with Crippen LogP contribution in [0.2, 0.25) is 0 Å². The number of hydrogen-bond donors (Lipinski definition) is 1. The largest absolute Gasteiger partial charge is 0.462 e. The zero-order valence-corrected chi connectivity index (χ0v) is 32.9. The van der Waals surface area contributed by atoms with Crippen molar-refractivity contribution in [1.29, 1.82) is 0 Å². The van der Waals surface area contributed by atoms with Crippen molar-refractivity contribution in [1.82, 2.24) is 15.2 Å². The molecule has 1 aliphatic heterocycles. The van der Waals surface area contributed by atoms with Crippen LogP contribution in [0.25, 0.3) is 0 Å². The molecule has 0 aliphatic carbocycles. The van der Waals surface area contributed by atoms with Crippen molar-refractivity contribution in [3.05, 3.63) is 75.3 Å². The van der Waals surface area contributed by atoms with E-state index in [-0.39, 0.29) is 12.3 Å². The molecule has 0 aromatic carbocycles. The van der Waals surface area contributed by atoms with Crippen LogP contribution in [0.15, 0.2) is 64.6 Å². The van der Waals surface area contributed by atoms with Crippen LogP contribution in [0.5, 0.6) is 0 Å². The van der Waals surface area contributed by atoms with Gasteiger partial charge in [0.15, 0.2) is 5.60 Å². The fraction of sp³-hybridized carbons (Fsp3) is 0.556. The summed E-state index contributed by atoms with van der Waals surface area (Å²) >= 11 is 19.5. The number of cyclic esters (lactones) is 2. The zero-order valence-electron chi connectivity index (χ0n) is 29.8. The predicted molar refractivity (Wildman–Crippen MR) is 199 cm³/mol. The number of carbonyl (C=O) groups is 3. The lowest BCUT2D eigenvalue weighted by molar-refractivity contribution is -0.148. The number of rotatable bonds is 7. The van der Waals surface area contributed by atoms with E-state index in [1.165, 1.54) is 31.3 Å². The highest BCUT2D eigenvalue weighted by molar-refractivity contribution is 7.09. The first-order valence-electron chi connectivity index (χ1n) is 16.2. The molecule has 0 fully saturated rings. The summed E-state index contributed by atoms with van der Waals surface area (Å²) in [5, 5.41) is 5.47. The average Bonchev–Trinajstić information content (AvgIpc) is 3.41. The average molecular weight is 759 g/mol. The Hall–Kier alpha value is -2.63. The van der Waals surface area contributed by atoms with Crippen LogP contribution in [0.4, 0.5) is 4.79 Å². The number of hydrogen-bond acceptors (Lipinski definition) is 9. The van der Waals surface area contributed by atoms with Crippen molar-refractivity contribution in [2.75, 3.05) is 20.6 Å². The molecule has 0 saturated carbocycles. The van der Waals surface area contributed by atoms with Gasteiger partial charge in [0.05, 0.1) is 17.1 Å².